The Labute approximate surface area is 124 Å². The number of hydrogen-bond acceptors (Lipinski definition) is 4. The molecule has 0 heterocycles. The number of nitrogens with zero attached hydrogens (tertiary/aromatic N) is 1. The summed E-state index contributed by atoms with van der Waals surface area (Å²) in [6.07, 6.45) is -5.20. The van der Waals surface area contributed by atoms with Crippen molar-refractivity contribution in [2.75, 3.05) is 5.32 Å². The fourth-order valence-corrected chi connectivity index (χ4v) is 1.61. The zero-order valence-corrected chi connectivity index (χ0v) is 12.0. The Morgan fingerprint density at radius 1 is 1.45 bits per heavy atom. The number of carbonyl (C=O) groups is 1. The van der Waals surface area contributed by atoms with Crippen LogP contribution >= 0.6 is 22.6 Å². The fourth-order valence-electron chi connectivity index (χ4n) is 1.13. The molecule has 20 heavy (non-hydrogen) atoms. The second kappa shape index (κ2) is 5.52. The van der Waals surface area contributed by atoms with Crippen molar-refractivity contribution in [3.8, 4) is 0 Å². The third kappa shape index (κ3) is 3.36. The number of aliphatic hydroxyl groups is 1. The van der Waals surface area contributed by atoms with E-state index in [0.29, 0.717) is 3.57 Å². The molecule has 1 rings (SSSR count). The van der Waals surface area contributed by atoms with Gasteiger partial charge < -0.3 is 10.4 Å². The predicted molar refractivity (Wildman–Crippen MR) is 71.1 cm³/mol. The van der Waals surface area contributed by atoms with Crippen LogP contribution in [0.5, 0.6) is 0 Å². The molecule has 0 radical (unpaired) electrons. The first kappa shape index (κ1) is 16.6. The molecule has 0 spiro atoms. The molecule has 10 heteroatoms. The van der Waals surface area contributed by atoms with E-state index in [1.54, 1.807) is 27.9 Å². The number of nitro benzene ring substituents is 1. The number of hydrogen-bond donors (Lipinski definition) is 2. The SMILES string of the molecule is CC(O)(C(=O)Nc1ccc(I)cc1[N+](=O)[O-])C(F)(F)F. The minimum Gasteiger partial charge on any atom is -0.373 e. The third-order valence-electron chi connectivity index (χ3n) is 2.40. The molecule has 6 nitrogen and oxygen atoms in total. The lowest BCUT2D eigenvalue weighted by molar-refractivity contribution is -0.384. The van der Waals surface area contributed by atoms with Gasteiger partial charge in [0, 0.05) is 9.64 Å². The second-order valence-corrected chi connectivity index (χ2v) is 5.19. The zero-order valence-electron chi connectivity index (χ0n) is 9.86. The lowest BCUT2D eigenvalue weighted by Crippen LogP contribution is -2.52. The average Bonchev–Trinajstić information content (AvgIpc) is 2.29. The quantitative estimate of drug-likeness (QED) is 0.460. The number of alkyl halides is 3. The lowest BCUT2D eigenvalue weighted by Gasteiger charge is -2.24. The van der Waals surface area contributed by atoms with Crippen molar-refractivity contribution < 1.29 is 28.0 Å². The van der Waals surface area contributed by atoms with Gasteiger partial charge >= 0.3 is 6.18 Å². The molecule has 110 valence electrons. The molecule has 1 amide bonds. The highest BCUT2D eigenvalue weighted by Gasteiger charge is 2.56. The smallest absolute Gasteiger partial charge is 0.373 e. The third-order valence-corrected chi connectivity index (χ3v) is 3.07. The van der Waals surface area contributed by atoms with Gasteiger partial charge in [-0.15, -0.1) is 0 Å². The summed E-state index contributed by atoms with van der Waals surface area (Å²) in [6, 6.07) is 3.54. The van der Waals surface area contributed by atoms with Gasteiger partial charge in [0.25, 0.3) is 11.6 Å². The number of rotatable bonds is 3. The van der Waals surface area contributed by atoms with Crippen molar-refractivity contribution in [2.45, 2.75) is 18.7 Å². The summed E-state index contributed by atoms with van der Waals surface area (Å²) in [7, 11) is 0. The van der Waals surface area contributed by atoms with E-state index in [-0.39, 0.29) is 6.92 Å². The largest absolute Gasteiger partial charge is 0.426 e. The van der Waals surface area contributed by atoms with Crippen LogP contribution in [0.3, 0.4) is 0 Å². The summed E-state index contributed by atoms with van der Waals surface area (Å²) in [5.74, 6) is -1.80. The number of halogens is 4. The van der Waals surface area contributed by atoms with Crippen molar-refractivity contribution in [1.82, 2.24) is 0 Å². The van der Waals surface area contributed by atoms with E-state index in [2.05, 4.69) is 0 Å². The van der Waals surface area contributed by atoms with E-state index in [0.717, 1.165) is 12.1 Å². The second-order valence-electron chi connectivity index (χ2n) is 3.94. The topological polar surface area (TPSA) is 92.5 Å². The normalized spacial score (nSPS) is 14.5. The standard InChI is InChI=1S/C10H8F3IN2O4/c1-9(18,10(11,12)13)8(17)15-6-3-2-5(14)4-7(6)16(19)20/h2-4,18H,1H3,(H,15,17). The number of benzene rings is 1. The van der Waals surface area contributed by atoms with E-state index >= 15 is 0 Å². The van der Waals surface area contributed by atoms with Crippen molar-refractivity contribution >= 4 is 39.9 Å². The first-order valence-electron chi connectivity index (χ1n) is 5.01. The van der Waals surface area contributed by atoms with E-state index in [1.807, 2.05) is 0 Å². The van der Waals surface area contributed by atoms with Gasteiger partial charge in [0.1, 0.15) is 5.69 Å². The highest BCUT2D eigenvalue weighted by Crippen LogP contribution is 2.33. The van der Waals surface area contributed by atoms with Gasteiger partial charge in [0.05, 0.1) is 4.92 Å². The van der Waals surface area contributed by atoms with Crippen LogP contribution in [0.25, 0.3) is 0 Å². The Kier molecular flexibility index (Phi) is 4.59. The molecule has 0 saturated heterocycles. The van der Waals surface area contributed by atoms with E-state index in [1.165, 1.54) is 6.07 Å². The van der Waals surface area contributed by atoms with Crippen LogP contribution in [-0.2, 0) is 4.79 Å². The van der Waals surface area contributed by atoms with Crippen LogP contribution < -0.4 is 5.32 Å². The van der Waals surface area contributed by atoms with Crippen molar-refractivity contribution in [2.24, 2.45) is 0 Å². The lowest BCUT2D eigenvalue weighted by atomic mass is 10.1. The number of carbonyl (C=O) groups excluding carboxylic acids is 1. The molecular formula is C10H8F3IN2O4. The van der Waals surface area contributed by atoms with Crippen molar-refractivity contribution in [3.05, 3.63) is 31.9 Å². The highest BCUT2D eigenvalue weighted by atomic mass is 127. The molecule has 1 atom stereocenters. The Hall–Kier alpha value is -1.43. The van der Waals surface area contributed by atoms with Crippen LogP contribution in [0.2, 0.25) is 0 Å². The predicted octanol–water partition coefficient (Wildman–Crippen LogP) is 2.45. The molecule has 0 saturated carbocycles. The minimum absolute atomic E-state index is 0.265. The van der Waals surface area contributed by atoms with E-state index in [9.17, 15) is 28.1 Å². The zero-order chi connectivity index (χ0) is 15.7. The van der Waals surface area contributed by atoms with Gasteiger partial charge in [-0.05, 0) is 41.6 Å². The number of anilines is 1. The first-order chi connectivity index (χ1) is 8.96. The average molecular weight is 404 g/mol. The molecule has 0 aromatic heterocycles. The summed E-state index contributed by atoms with van der Waals surface area (Å²) in [6.45, 7) is 0.265. The molecule has 0 fully saturated rings. The van der Waals surface area contributed by atoms with Crippen LogP contribution in [0, 0.1) is 13.7 Å². The minimum atomic E-state index is -5.20. The maximum absolute atomic E-state index is 12.5. The van der Waals surface area contributed by atoms with E-state index in [4.69, 9.17) is 5.11 Å². The fraction of sp³-hybridized carbons (Fsp3) is 0.300. The maximum Gasteiger partial charge on any atom is 0.426 e. The number of nitrogens with one attached hydrogen (secondary N) is 1. The number of nitro groups is 1. The Balaban J connectivity index is 3.12. The monoisotopic (exact) mass is 404 g/mol. The Morgan fingerprint density at radius 3 is 2.45 bits per heavy atom. The van der Waals surface area contributed by atoms with Crippen LogP contribution in [0.15, 0.2) is 18.2 Å². The maximum atomic E-state index is 12.5. The van der Waals surface area contributed by atoms with Gasteiger partial charge in [-0.25, -0.2) is 0 Å². The van der Waals surface area contributed by atoms with Gasteiger partial charge in [-0.1, -0.05) is 0 Å². The van der Waals surface area contributed by atoms with Gasteiger partial charge in [-0.2, -0.15) is 13.2 Å². The molecule has 0 bridgehead atoms. The van der Waals surface area contributed by atoms with Gasteiger partial charge in [0.15, 0.2) is 0 Å². The molecule has 0 aliphatic heterocycles. The molecular weight excluding hydrogens is 396 g/mol. The van der Waals surface area contributed by atoms with E-state index < -0.39 is 34.0 Å². The summed E-state index contributed by atoms with van der Waals surface area (Å²) in [5.41, 5.74) is -4.64. The first-order valence-corrected chi connectivity index (χ1v) is 6.09. The molecule has 1 unspecified atom stereocenters. The van der Waals surface area contributed by atoms with Crippen LogP contribution in [0.1, 0.15) is 6.92 Å². The van der Waals surface area contributed by atoms with Crippen molar-refractivity contribution in [3.63, 3.8) is 0 Å². The van der Waals surface area contributed by atoms with Crippen LogP contribution in [-0.4, -0.2) is 27.7 Å². The summed E-state index contributed by atoms with van der Waals surface area (Å²) in [4.78, 5) is 21.4. The van der Waals surface area contributed by atoms with Crippen molar-refractivity contribution in [1.29, 1.82) is 0 Å². The van der Waals surface area contributed by atoms with Crippen LogP contribution in [0.4, 0.5) is 24.5 Å². The molecule has 1 aromatic carbocycles. The summed E-state index contributed by atoms with van der Waals surface area (Å²) in [5, 5.41) is 21.6. The number of amides is 1. The van der Waals surface area contributed by atoms with Gasteiger partial charge in [0.2, 0.25) is 5.60 Å². The van der Waals surface area contributed by atoms with Gasteiger partial charge in [-0.3, -0.25) is 14.9 Å². The summed E-state index contributed by atoms with van der Waals surface area (Å²) >= 11 is 1.77. The molecule has 1 aromatic rings. The Morgan fingerprint density at radius 2 is 2.00 bits per heavy atom. The molecule has 0 aliphatic rings. The molecule has 0 aliphatic carbocycles. The molecule has 2 N–H and O–H groups in total. The summed E-state index contributed by atoms with van der Waals surface area (Å²) < 4.78 is 37.9. The Bertz CT molecular complexity index is 560. The highest BCUT2D eigenvalue weighted by molar-refractivity contribution is 14.1.